The van der Waals surface area contributed by atoms with E-state index in [0.717, 1.165) is 21.5 Å². The van der Waals surface area contributed by atoms with E-state index in [2.05, 4.69) is 65.4 Å². The number of carboxylic acid groups (broad SMARTS) is 1. The first-order valence-electron chi connectivity index (χ1n) is 13.5. The summed E-state index contributed by atoms with van der Waals surface area (Å²) in [4.78, 5) is 16.0. The first-order valence-corrected chi connectivity index (χ1v) is 15.2. The van der Waals surface area contributed by atoms with E-state index < -0.39 is 5.97 Å². The van der Waals surface area contributed by atoms with Gasteiger partial charge in [0.25, 0.3) is 0 Å². The molecule has 0 radical (unpaired) electrons. The summed E-state index contributed by atoms with van der Waals surface area (Å²) < 4.78 is 8.58. The van der Waals surface area contributed by atoms with Gasteiger partial charge in [0, 0.05) is 22.9 Å². The van der Waals surface area contributed by atoms with E-state index >= 15 is 0 Å². The molecule has 0 unspecified atom stereocenters. The maximum absolute atomic E-state index is 11.2. The van der Waals surface area contributed by atoms with E-state index in [1.165, 1.54) is 84.7 Å². The highest BCUT2D eigenvalue weighted by atomic mass is 32.2. The van der Waals surface area contributed by atoms with E-state index in [1.807, 2.05) is 5.38 Å². The Hall–Kier alpha value is -3.81. The van der Waals surface area contributed by atoms with Gasteiger partial charge in [0.15, 0.2) is 0 Å². The van der Waals surface area contributed by atoms with Crippen LogP contribution in [0.5, 0.6) is 5.75 Å². The molecule has 40 heavy (non-hydrogen) atoms. The number of nitrogens with one attached hydrogen (secondary N) is 1. The molecule has 5 aromatic rings. The Kier molecular flexibility index (Phi) is 7.75. The molecular weight excluding hydrogens is 537 g/mol. The Balaban J connectivity index is 1.15. The second-order valence-electron chi connectivity index (χ2n) is 10.1. The van der Waals surface area contributed by atoms with Crippen LogP contribution in [-0.2, 0) is 0 Å². The van der Waals surface area contributed by atoms with Crippen LogP contribution in [0, 0.1) is 0 Å². The number of hydrogen-bond acceptors (Lipinski definition) is 6. The van der Waals surface area contributed by atoms with Crippen molar-refractivity contribution in [1.29, 1.82) is 0 Å². The number of aromatic nitrogens is 1. The number of methoxy groups -OCH3 is 1. The van der Waals surface area contributed by atoms with Gasteiger partial charge in [-0.1, -0.05) is 67.8 Å². The van der Waals surface area contributed by atoms with Gasteiger partial charge in [-0.3, -0.25) is 0 Å². The molecule has 2 N–H and O–H groups in total. The van der Waals surface area contributed by atoms with Crippen molar-refractivity contribution in [3.63, 3.8) is 0 Å². The molecule has 0 saturated heterocycles. The molecule has 202 valence electrons. The van der Waals surface area contributed by atoms with Gasteiger partial charge in [-0.25, -0.2) is 9.78 Å². The lowest BCUT2D eigenvalue weighted by Gasteiger charge is -2.22. The summed E-state index contributed by atoms with van der Waals surface area (Å²) in [5.41, 5.74) is 5.93. The predicted octanol–water partition coefficient (Wildman–Crippen LogP) is 9.50. The lowest BCUT2D eigenvalue weighted by Crippen LogP contribution is -2.04. The van der Waals surface area contributed by atoms with Crippen LogP contribution in [0.2, 0.25) is 0 Å². The molecule has 0 aliphatic heterocycles. The fourth-order valence-corrected chi connectivity index (χ4v) is 6.99. The molecule has 5 nitrogen and oxygen atoms in total. The van der Waals surface area contributed by atoms with Gasteiger partial charge in [-0.15, -0.1) is 11.3 Å². The highest BCUT2D eigenvalue weighted by Gasteiger charge is 2.15. The number of benzene rings is 4. The van der Waals surface area contributed by atoms with Crippen molar-refractivity contribution in [3.05, 3.63) is 95.4 Å². The summed E-state index contributed by atoms with van der Waals surface area (Å²) >= 11 is 2.96. The van der Waals surface area contributed by atoms with E-state index in [-0.39, 0.29) is 5.56 Å². The minimum atomic E-state index is -0.989. The van der Waals surface area contributed by atoms with Gasteiger partial charge in [-0.2, -0.15) is 0 Å². The topological polar surface area (TPSA) is 71.5 Å². The summed E-state index contributed by atoms with van der Waals surface area (Å²) in [7, 11) is 1.52. The number of carbonyl (C=O) groups is 1. The van der Waals surface area contributed by atoms with Crippen molar-refractivity contribution < 1.29 is 14.6 Å². The number of fused-ring (bicyclic) bond motifs is 1. The molecule has 1 heterocycles. The molecular formula is C33H30N2O3S2. The Morgan fingerprint density at radius 3 is 2.33 bits per heavy atom. The summed E-state index contributed by atoms with van der Waals surface area (Å²) in [5, 5.41) is 15.4. The van der Waals surface area contributed by atoms with E-state index in [4.69, 9.17) is 9.72 Å². The fourth-order valence-electron chi connectivity index (χ4n) is 5.40. The molecule has 7 heteroatoms. The maximum Gasteiger partial charge on any atom is 0.335 e. The highest BCUT2D eigenvalue weighted by molar-refractivity contribution is 8.00. The fraction of sp³-hybridized carbons (Fsp3) is 0.212. The minimum absolute atomic E-state index is 0.180. The van der Waals surface area contributed by atoms with Gasteiger partial charge in [0.2, 0.25) is 0 Å². The van der Waals surface area contributed by atoms with Crippen molar-refractivity contribution in [2.45, 2.75) is 43.0 Å². The number of carboxylic acids is 1. The predicted molar refractivity (Wildman–Crippen MR) is 166 cm³/mol. The third-order valence-electron chi connectivity index (χ3n) is 7.60. The first-order chi connectivity index (χ1) is 19.6. The van der Waals surface area contributed by atoms with Crippen molar-refractivity contribution in [1.82, 2.24) is 4.98 Å². The van der Waals surface area contributed by atoms with Crippen LogP contribution >= 0.6 is 23.3 Å². The molecule has 6 rings (SSSR count). The lowest BCUT2D eigenvalue weighted by molar-refractivity contribution is 0.0696. The van der Waals surface area contributed by atoms with Gasteiger partial charge in [-0.05, 0) is 76.6 Å². The smallest absolute Gasteiger partial charge is 0.335 e. The van der Waals surface area contributed by atoms with Crippen LogP contribution in [0.3, 0.4) is 0 Å². The van der Waals surface area contributed by atoms with E-state index in [9.17, 15) is 9.90 Å². The molecule has 1 aliphatic carbocycles. The number of ether oxygens (including phenoxy) is 1. The zero-order valence-electron chi connectivity index (χ0n) is 22.2. The number of nitrogens with zero attached hydrogens (tertiary/aromatic N) is 1. The molecule has 0 bridgehead atoms. The van der Waals surface area contributed by atoms with Gasteiger partial charge in [0.05, 0.1) is 18.4 Å². The van der Waals surface area contributed by atoms with Crippen LogP contribution in [0.1, 0.15) is 53.9 Å². The zero-order chi connectivity index (χ0) is 27.5. The molecule has 0 amide bonds. The molecule has 4 aromatic carbocycles. The summed E-state index contributed by atoms with van der Waals surface area (Å²) in [5.74, 6) is 0.209. The Labute approximate surface area is 242 Å². The average molecular weight is 567 g/mol. The van der Waals surface area contributed by atoms with Crippen LogP contribution < -0.4 is 9.46 Å². The Morgan fingerprint density at radius 2 is 1.60 bits per heavy atom. The van der Waals surface area contributed by atoms with Gasteiger partial charge in [0.1, 0.15) is 15.8 Å². The number of rotatable bonds is 8. The zero-order valence-corrected chi connectivity index (χ0v) is 23.9. The molecule has 0 atom stereocenters. The van der Waals surface area contributed by atoms with Crippen molar-refractivity contribution >= 4 is 45.7 Å². The van der Waals surface area contributed by atoms with Crippen LogP contribution in [0.4, 0.5) is 5.69 Å². The van der Waals surface area contributed by atoms with Crippen molar-refractivity contribution in [2.24, 2.45) is 0 Å². The summed E-state index contributed by atoms with van der Waals surface area (Å²) in [6, 6.07) is 27.1. The third kappa shape index (κ3) is 5.71. The summed E-state index contributed by atoms with van der Waals surface area (Å²) in [6.45, 7) is 0. The number of anilines is 1. The SMILES string of the molecule is COc1cc(C(=O)O)ccc1NSc1csc(-c2ccc3cc(-c4ccc(C5CCCCC5)cc4)ccc3c2)n1. The lowest BCUT2D eigenvalue weighted by atomic mass is 9.83. The maximum atomic E-state index is 11.2. The number of aromatic carboxylic acids is 1. The quantitative estimate of drug-likeness (QED) is 0.182. The van der Waals surface area contributed by atoms with Gasteiger partial charge >= 0.3 is 5.97 Å². The monoisotopic (exact) mass is 566 g/mol. The van der Waals surface area contributed by atoms with Crippen LogP contribution in [0.15, 0.2) is 89.3 Å². The largest absolute Gasteiger partial charge is 0.495 e. The first kappa shape index (κ1) is 26.4. The van der Waals surface area contributed by atoms with E-state index in [1.54, 1.807) is 23.5 Å². The highest BCUT2D eigenvalue weighted by Crippen LogP contribution is 2.36. The minimum Gasteiger partial charge on any atom is -0.495 e. The Bertz CT molecular complexity index is 1660. The molecule has 1 fully saturated rings. The number of hydrogen-bond donors (Lipinski definition) is 2. The van der Waals surface area contributed by atoms with Crippen LogP contribution in [0.25, 0.3) is 32.5 Å². The standard InChI is InChI=1S/C33H30N2O3S2/c1-38-30-19-28(33(36)37)15-16-29(30)35-40-31-20-39-32(34-31)27-14-13-25-17-24(11-12-26(25)18-27)23-9-7-22(8-10-23)21-5-3-2-4-6-21/h7-21,35H,2-6H2,1H3,(H,36,37). The average Bonchev–Trinajstić information content (AvgIpc) is 3.49. The van der Waals surface area contributed by atoms with E-state index in [0.29, 0.717) is 11.4 Å². The molecule has 1 saturated carbocycles. The Morgan fingerprint density at radius 1 is 0.900 bits per heavy atom. The summed E-state index contributed by atoms with van der Waals surface area (Å²) in [6.07, 6.45) is 6.75. The van der Waals surface area contributed by atoms with Crippen molar-refractivity contribution in [2.75, 3.05) is 11.8 Å². The van der Waals surface area contributed by atoms with Gasteiger partial charge < -0.3 is 14.6 Å². The third-order valence-corrected chi connectivity index (χ3v) is 9.39. The second kappa shape index (κ2) is 11.7. The number of thiazole rings is 1. The molecule has 1 aromatic heterocycles. The normalized spacial score (nSPS) is 13.8. The van der Waals surface area contributed by atoms with Crippen molar-refractivity contribution in [3.8, 4) is 27.4 Å². The van der Waals surface area contributed by atoms with Crippen LogP contribution in [-0.4, -0.2) is 23.2 Å². The second-order valence-corrected chi connectivity index (χ2v) is 11.8. The molecule has 1 aliphatic rings. The molecule has 0 spiro atoms.